The lowest BCUT2D eigenvalue weighted by atomic mass is 10.0. The molecule has 0 aliphatic rings. The molecule has 0 saturated carbocycles. The first-order chi connectivity index (χ1) is 10.1. The summed E-state index contributed by atoms with van der Waals surface area (Å²) in [7, 11) is 1.37. The summed E-state index contributed by atoms with van der Waals surface area (Å²) in [5.41, 5.74) is 3.16. The number of ether oxygens (including phenoxy) is 1. The predicted octanol–water partition coefficient (Wildman–Crippen LogP) is 3.46. The SMILES string of the molecule is COC(=O)Cc1ccccc1CNc1ccc(C)cc1F. The average molecular weight is 287 g/mol. The highest BCUT2D eigenvalue weighted by Gasteiger charge is 2.08. The van der Waals surface area contributed by atoms with E-state index in [2.05, 4.69) is 10.1 Å². The highest BCUT2D eigenvalue weighted by atomic mass is 19.1. The highest BCUT2D eigenvalue weighted by molar-refractivity contribution is 5.72. The molecule has 0 saturated heterocycles. The summed E-state index contributed by atoms with van der Waals surface area (Å²) in [6.45, 7) is 2.30. The van der Waals surface area contributed by atoms with Crippen molar-refractivity contribution in [1.29, 1.82) is 0 Å². The molecule has 0 fully saturated rings. The summed E-state index contributed by atoms with van der Waals surface area (Å²) < 4.78 is 18.5. The maximum Gasteiger partial charge on any atom is 0.309 e. The smallest absolute Gasteiger partial charge is 0.309 e. The zero-order valence-electron chi connectivity index (χ0n) is 12.2. The van der Waals surface area contributed by atoms with Gasteiger partial charge in [0.25, 0.3) is 0 Å². The Morgan fingerprint density at radius 1 is 1.19 bits per heavy atom. The molecule has 4 heteroatoms. The van der Waals surface area contributed by atoms with Gasteiger partial charge in [-0.1, -0.05) is 30.3 Å². The molecule has 0 atom stereocenters. The Morgan fingerprint density at radius 2 is 1.90 bits per heavy atom. The molecular formula is C17H18FNO2. The van der Waals surface area contributed by atoms with Crippen molar-refractivity contribution in [2.45, 2.75) is 19.9 Å². The zero-order valence-corrected chi connectivity index (χ0v) is 12.2. The van der Waals surface area contributed by atoms with Crippen LogP contribution in [0.3, 0.4) is 0 Å². The summed E-state index contributed by atoms with van der Waals surface area (Å²) in [4.78, 5) is 11.4. The lowest BCUT2D eigenvalue weighted by Crippen LogP contribution is -2.09. The van der Waals surface area contributed by atoms with Gasteiger partial charge in [-0.3, -0.25) is 4.79 Å². The molecule has 110 valence electrons. The Morgan fingerprint density at radius 3 is 2.57 bits per heavy atom. The molecule has 3 nitrogen and oxygen atoms in total. The normalized spacial score (nSPS) is 10.2. The molecule has 2 aromatic rings. The summed E-state index contributed by atoms with van der Waals surface area (Å²) in [6, 6.07) is 12.6. The van der Waals surface area contributed by atoms with Gasteiger partial charge in [-0.15, -0.1) is 0 Å². The van der Waals surface area contributed by atoms with Gasteiger partial charge in [-0.2, -0.15) is 0 Å². The first-order valence-corrected chi connectivity index (χ1v) is 6.74. The summed E-state index contributed by atoms with van der Waals surface area (Å²) in [5, 5.41) is 3.06. The van der Waals surface area contributed by atoms with Crippen molar-refractivity contribution in [3.8, 4) is 0 Å². The first kappa shape index (κ1) is 15.0. The van der Waals surface area contributed by atoms with Crippen molar-refractivity contribution in [2.75, 3.05) is 12.4 Å². The zero-order chi connectivity index (χ0) is 15.2. The van der Waals surface area contributed by atoms with Crippen molar-refractivity contribution in [3.63, 3.8) is 0 Å². The third kappa shape index (κ3) is 4.05. The van der Waals surface area contributed by atoms with Crippen molar-refractivity contribution in [3.05, 3.63) is 65.0 Å². The quantitative estimate of drug-likeness (QED) is 0.856. The molecule has 21 heavy (non-hydrogen) atoms. The average Bonchev–Trinajstić information content (AvgIpc) is 2.47. The Balaban J connectivity index is 2.11. The molecule has 0 unspecified atom stereocenters. The molecule has 0 aromatic heterocycles. The standard InChI is InChI=1S/C17H18FNO2/c1-12-7-8-16(15(18)9-12)19-11-14-6-4-3-5-13(14)10-17(20)21-2/h3-9,19H,10-11H2,1-2H3. The second-order valence-electron chi connectivity index (χ2n) is 4.86. The number of hydrogen-bond donors (Lipinski definition) is 1. The summed E-state index contributed by atoms with van der Waals surface area (Å²) in [5.74, 6) is -0.565. The second kappa shape index (κ2) is 6.88. The van der Waals surface area contributed by atoms with E-state index in [1.807, 2.05) is 37.3 Å². The number of halogens is 1. The van der Waals surface area contributed by atoms with E-state index < -0.39 is 0 Å². The Bertz CT molecular complexity index is 640. The van der Waals surface area contributed by atoms with E-state index >= 15 is 0 Å². The number of aryl methyl sites for hydroxylation is 1. The van der Waals surface area contributed by atoms with Gasteiger partial charge in [0.15, 0.2) is 0 Å². The maximum atomic E-state index is 13.8. The molecule has 0 spiro atoms. The van der Waals surface area contributed by atoms with Crippen LogP contribution < -0.4 is 5.32 Å². The minimum atomic E-state index is -0.288. The summed E-state index contributed by atoms with van der Waals surface area (Å²) in [6.07, 6.45) is 0.213. The van der Waals surface area contributed by atoms with Crippen LogP contribution in [0.4, 0.5) is 10.1 Å². The van der Waals surface area contributed by atoms with E-state index in [0.717, 1.165) is 16.7 Å². The molecule has 0 bridgehead atoms. The predicted molar refractivity (Wildman–Crippen MR) is 80.6 cm³/mol. The van der Waals surface area contributed by atoms with Crippen LogP contribution in [0.1, 0.15) is 16.7 Å². The number of carbonyl (C=O) groups is 1. The van der Waals surface area contributed by atoms with E-state index in [0.29, 0.717) is 12.2 Å². The lowest BCUT2D eigenvalue weighted by molar-refractivity contribution is -0.139. The van der Waals surface area contributed by atoms with E-state index in [9.17, 15) is 9.18 Å². The van der Waals surface area contributed by atoms with Crippen LogP contribution in [0, 0.1) is 12.7 Å². The van der Waals surface area contributed by atoms with Crippen molar-refractivity contribution in [1.82, 2.24) is 0 Å². The minimum absolute atomic E-state index is 0.213. The first-order valence-electron chi connectivity index (χ1n) is 6.74. The van der Waals surface area contributed by atoms with Gasteiger partial charge in [0.05, 0.1) is 19.2 Å². The van der Waals surface area contributed by atoms with Crippen LogP contribution in [-0.2, 0) is 22.5 Å². The van der Waals surface area contributed by atoms with Crippen LogP contribution >= 0.6 is 0 Å². The number of methoxy groups -OCH3 is 1. The van der Waals surface area contributed by atoms with E-state index in [-0.39, 0.29) is 18.2 Å². The number of nitrogens with one attached hydrogen (secondary N) is 1. The number of carbonyl (C=O) groups excluding carboxylic acids is 1. The molecule has 0 radical (unpaired) electrons. The van der Waals surface area contributed by atoms with Gasteiger partial charge in [0, 0.05) is 6.54 Å². The Labute approximate surface area is 123 Å². The molecule has 0 aliphatic heterocycles. The Hall–Kier alpha value is -2.36. The highest BCUT2D eigenvalue weighted by Crippen LogP contribution is 2.18. The maximum absolute atomic E-state index is 13.8. The number of anilines is 1. The summed E-state index contributed by atoms with van der Waals surface area (Å²) >= 11 is 0. The minimum Gasteiger partial charge on any atom is -0.469 e. The fraction of sp³-hybridized carbons (Fsp3) is 0.235. The molecule has 2 rings (SSSR count). The van der Waals surface area contributed by atoms with E-state index in [4.69, 9.17) is 0 Å². The van der Waals surface area contributed by atoms with Crippen LogP contribution in [0.25, 0.3) is 0 Å². The Kier molecular flexibility index (Phi) is 4.93. The van der Waals surface area contributed by atoms with Crippen molar-refractivity contribution >= 4 is 11.7 Å². The third-order valence-corrected chi connectivity index (χ3v) is 3.27. The van der Waals surface area contributed by atoms with Crippen LogP contribution in [-0.4, -0.2) is 13.1 Å². The van der Waals surface area contributed by atoms with Gasteiger partial charge >= 0.3 is 5.97 Å². The fourth-order valence-electron chi connectivity index (χ4n) is 2.08. The van der Waals surface area contributed by atoms with Crippen molar-refractivity contribution in [2.24, 2.45) is 0 Å². The molecule has 0 aliphatic carbocycles. The van der Waals surface area contributed by atoms with Gasteiger partial charge in [-0.25, -0.2) is 4.39 Å². The van der Waals surface area contributed by atoms with E-state index in [1.54, 1.807) is 6.07 Å². The van der Waals surface area contributed by atoms with E-state index in [1.165, 1.54) is 13.2 Å². The van der Waals surface area contributed by atoms with Crippen LogP contribution in [0.2, 0.25) is 0 Å². The van der Waals surface area contributed by atoms with Crippen LogP contribution in [0.5, 0.6) is 0 Å². The molecular weight excluding hydrogens is 269 g/mol. The van der Waals surface area contributed by atoms with Gasteiger partial charge in [0.2, 0.25) is 0 Å². The second-order valence-corrected chi connectivity index (χ2v) is 4.86. The number of rotatable bonds is 5. The van der Waals surface area contributed by atoms with Gasteiger partial charge in [-0.05, 0) is 35.7 Å². The number of benzene rings is 2. The third-order valence-electron chi connectivity index (χ3n) is 3.27. The monoisotopic (exact) mass is 287 g/mol. The molecule has 0 heterocycles. The van der Waals surface area contributed by atoms with Gasteiger partial charge < -0.3 is 10.1 Å². The lowest BCUT2D eigenvalue weighted by Gasteiger charge is -2.12. The van der Waals surface area contributed by atoms with Gasteiger partial charge in [0.1, 0.15) is 5.82 Å². The molecule has 0 amide bonds. The largest absolute Gasteiger partial charge is 0.469 e. The molecule has 2 aromatic carbocycles. The van der Waals surface area contributed by atoms with Crippen LogP contribution in [0.15, 0.2) is 42.5 Å². The van der Waals surface area contributed by atoms with Crippen molar-refractivity contribution < 1.29 is 13.9 Å². The number of esters is 1. The fourth-order valence-corrected chi connectivity index (χ4v) is 2.08. The number of hydrogen-bond acceptors (Lipinski definition) is 3. The topological polar surface area (TPSA) is 38.3 Å². The molecule has 1 N–H and O–H groups in total.